The third-order valence-corrected chi connectivity index (χ3v) is 3.60. The number of rotatable bonds is 2. The molecule has 1 N–H and O–H groups in total. The van der Waals surface area contributed by atoms with Gasteiger partial charge in [0.25, 0.3) is 0 Å². The largest absolute Gasteiger partial charge is 0.508 e. The second-order valence-electron chi connectivity index (χ2n) is 5.38. The Balaban J connectivity index is 1.98. The first kappa shape index (κ1) is 12.9. The topological polar surface area (TPSA) is 46.5 Å². The number of benzene rings is 1. The van der Waals surface area contributed by atoms with Crippen LogP contribution in [0.1, 0.15) is 38.2 Å². The van der Waals surface area contributed by atoms with E-state index in [2.05, 4.69) is 6.92 Å². The van der Waals surface area contributed by atoms with E-state index in [0.717, 1.165) is 37.2 Å². The number of aryl methyl sites for hydroxylation is 1. The summed E-state index contributed by atoms with van der Waals surface area (Å²) in [6.07, 6.45) is 4.02. The Morgan fingerprint density at radius 3 is 2.50 bits per heavy atom. The molecule has 0 spiro atoms. The third kappa shape index (κ3) is 3.25. The van der Waals surface area contributed by atoms with E-state index in [1.54, 1.807) is 12.1 Å². The second-order valence-corrected chi connectivity index (χ2v) is 5.38. The molecule has 0 unspecified atom stereocenters. The summed E-state index contributed by atoms with van der Waals surface area (Å²) in [7, 11) is 0. The van der Waals surface area contributed by atoms with Gasteiger partial charge in [-0.1, -0.05) is 6.92 Å². The maximum atomic E-state index is 12.0. The van der Waals surface area contributed by atoms with E-state index in [-0.39, 0.29) is 17.6 Å². The molecule has 18 heavy (non-hydrogen) atoms. The third-order valence-electron chi connectivity index (χ3n) is 3.60. The van der Waals surface area contributed by atoms with Gasteiger partial charge >= 0.3 is 5.97 Å². The van der Waals surface area contributed by atoms with Crippen LogP contribution in [-0.4, -0.2) is 11.1 Å². The van der Waals surface area contributed by atoms with Gasteiger partial charge in [0.05, 0.1) is 5.92 Å². The van der Waals surface area contributed by atoms with Crippen LogP contribution in [0.3, 0.4) is 0 Å². The van der Waals surface area contributed by atoms with Crippen LogP contribution in [-0.2, 0) is 4.79 Å². The summed E-state index contributed by atoms with van der Waals surface area (Å²) in [5.74, 6) is 1.15. The lowest BCUT2D eigenvalue weighted by atomic mass is 9.83. The van der Waals surface area contributed by atoms with Crippen molar-refractivity contribution in [3.05, 3.63) is 23.8 Å². The Hall–Kier alpha value is -1.51. The van der Waals surface area contributed by atoms with Crippen LogP contribution in [0.15, 0.2) is 18.2 Å². The highest BCUT2D eigenvalue weighted by atomic mass is 16.5. The second kappa shape index (κ2) is 5.42. The van der Waals surface area contributed by atoms with Crippen LogP contribution < -0.4 is 4.74 Å². The van der Waals surface area contributed by atoms with Gasteiger partial charge in [-0.25, -0.2) is 0 Å². The van der Waals surface area contributed by atoms with Gasteiger partial charge in [0.15, 0.2) is 0 Å². The summed E-state index contributed by atoms with van der Waals surface area (Å²) >= 11 is 0. The number of ether oxygens (including phenoxy) is 1. The molecule has 3 heteroatoms. The molecule has 1 fully saturated rings. The minimum absolute atomic E-state index is 0.0175. The molecule has 0 radical (unpaired) electrons. The molecule has 3 nitrogen and oxygen atoms in total. The molecule has 2 rings (SSSR count). The summed E-state index contributed by atoms with van der Waals surface area (Å²) in [5.41, 5.74) is 0.884. The van der Waals surface area contributed by atoms with E-state index in [9.17, 15) is 9.90 Å². The monoisotopic (exact) mass is 248 g/mol. The normalized spacial score (nSPS) is 23.7. The van der Waals surface area contributed by atoms with Crippen molar-refractivity contribution in [3.8, 4) is 11.5 Å². The lowest BCUT2D eigenvalue weighted by Gasteiger charge is -2.24. The Labute approximate surface area is 108 Å². The van der Waals surface area contributed by atoms with Gasteiger partial charge < -0.3 is 9.84 Å². The smallest absolute Gasteiger partial charge is 0.314 e. The first-order chi connectivity index (χ1) is 8.54. The summed E-state index contributed by atoms with van der Waals surface area (Å²) < 4.78 is 5.35. The molecule has 0 aliphatic heterocycles. The average Bonchev–Trinajstić information content (AvgIpc) is 2.28. The standard InChI is InChI=1S/C15H20O3/c1-10-3-5-12(6-4-10)15(17)18-14-8-11(2)7-13(16)9-14/h7-10,12,16H,3-6H2,1-2H3. The number of carbonyl (C=O) groups excluding carboxylic acids is 1. The Morgan fingerprint density at radius 2 is 1.89 bits per heavy atom. The summed E-state index contributed by atoms with van der Waals surface area (Å²) in [6.45, 7) is 4.08. The molecule has 1 aromatic carbocycles. The summed E-state index contributed by atoms with van der Waals surface area (Å²) in [6, 6.07) is 4.89. The van der Waals surface area contributed by atoms with Crippen LogP contribution >= 0.6 is 0 Å². The molecule has 1 aliphatic carbocycles. The molecule has 1 aliphatic rings. The Morgan fingerprint density at radius 1 is 1.22 bits per heavy atom. The van der Waals surface area contributed by atoms with Crippen LogP contribution in [0.25, 0.3) is 0 Å². The van der Waals surface area contributed by atoms with Gasteiger partial charge in [0.1, 0.15) is 11.5 Å². The van der Waals surface area contributed by atoms with Crippen molar-refractivity contribution < 1.29 is 14.6 Å². The Kier molecular flexibility index (Phi) is 3.90. The molecule has 98 valence electrons. The van der Waals surface area contributed by atoms with Gasteiger partial charge in [-0.15, -0.1) is 0 Å². The fourth-order valence-electron chi connectivity index (χ4n) is 2.48. The molecule has 0 aromatic heterocycles. The Bertz CT molecular complexity index is 411. The van der Waals surface area contributed by atoms with E-state index in [4.69, 9.17) is 4.74 Å². The average molecular weight is 248 g/mol. The lowest BCUT2D eigenvalue weighted by Crippen LogP contribution is -2.24. The molecular weight excluding hydrogens is 228 g/mol. The predicted molar refractivity (Wildman–Crippen MR) is 69.6 cm³/mol. The first-order valence-electron chi connectivity index (χ1n) is 6.57. The SMILES string of the molecule is Cc1cc(O)cc(OC(=O)C2CCC(C)CC2)c1. The van der Waals surface area contributed by atoms with Gasteiger partial charge in [0, 0.05) is 6.07 Å². The van der Waals surface area contributed by atoms with E-state index in [1.807, 2.05) is 6.92 Å². The zero-order valence-electron chi connectivity index (χ0n) is 11.0. The number of phenolic OH excluding ortho intramolecular Hbond substituents is 1. The van der Waals surface area contributed by atoms with Gasteiger partial charge in [-0.3, -0.25) is 4.79 Å². The van der Waals surface area contributed by atoms with Crippen LogP contribution in [0, 0.1) is 18.8 Å². The molecule has 0 bridgehead atoms. The fourth-order valence-corrected chi connectivity index (χ4v) is 2.48. The highest BCUT2D eigenvalue weighted by molar-refractivity contribution is 5.75. The van der Waals surface area contributed by atoms with Crippen LogP contribution in [0.5, 0.6) is 11.5 Å². The number of phenols is 1. The minimum atomic E-state index is -0.160. The number of esters is 1. The number of aromatic hydroxyl groups is 1. The van der Waals surface area contributed by atoms with Crippen molar-refractivity contribution in [2.24, 2.45) is 11.8 Å². The van der Waals surface area contributed by atoms with E-state index < -0.39 is 0 Å². The minimum Gasteiger partial charge on any atom is -0.508 e. The van der Waals surface area contributed by atoms with Crippen molar-refractivity contribution >= 4 is 5.97 Å². The van der Waals surface area contributed by atoms with E-state index >= 15 is 0 Å². The molecule has 1 aromatic rings. The van der Waals surface area contributed by atoms with E-state index in [0.29, 0.717) is 5.75 Å². The summed E-state index contributed by atoms with van der Waals surface area (Å²) in [5, 5.41) is 9.46. The molecule has 0 amide bonds. The first-order valence-corrected chi connectivity index (χ1v) is 6.57. The van der Waals surface area contributed by atoms with Crippen molar-refractivity contribution in [1.82, 2.24) is 0 Å². The number of hydrogen-bond acceptors (Lipinski definition) is 3. The van der Waals surface area contributed by atoms with Crippen LogP contribution in [0.4, 0.5) is 0 Å². The maximum absolute atomic E-state index is 12.0. The summed E-state index contributed by atoms with van der Waals surface area (Å²) in [4.78, 5) is 12.0. The van der Waals surface area contributed by atoms with Crippen LogP contribution in [0.2, 0.25) is 0 Å². The van der Waals surface area contributed by atoms with Gasteiger partial charge in [-0.2, -0.15) is 0 Å². The van der Waals surface area contributed by atoms with Crippen molar-refractivity contribution in [3.63, 3.8) is 0 Å². The molecule has 0 atom stereocenters. The number of carbonyl (C=O) groups is 1. The zero-order valence-corrected chi connectivity index (χ0v) is 11.0. The maximum Gasteiger partial charge on any atom is 0.314 e. The van der Waals surface area contributed by atoms with Gasteiger partial charge in [-0.05, 0) is 56.2 Å². The molecule has 0 heterocycles. The number of hydrogen-bond donors (Lipinski definition) is 1. The van der Waals surface area contributed by atoms with Crippen molar-refractivity contribution in [2.45, 2.75) is 39.5 Å². The predicted octanol–water partition coefficient (Wildman–Crippen LogP) is 3.43. The van der Waals surface area contributed by atoms with E-state index in [1.165, 1.54) is 6.07 Å². The van der Waals surface area contributed by atoms with Crippen molar-refractivity contribution in [1.29, 1.82) is 0 Å². The van der Waals surface area contributed by atoms with Crippen molar-refractivity contribution in [2.75, 3.05) is 0 Å². The van der Waals surface area contributed by atoms with Gasteiger partial charge in [0.2, 0.25) is 0 Å². The quantitative estimate of drug-likeness (QED) is 0.644. The highest BCUT2D eigenvalue weighted by Gasteiger charge is 2.25. The fraction of sp³-hybridized carbons (Fsp3) is 0.533. The lowest BCUT2D eigenvalue weighted by molar-refractivity contribution is -0.140. The zero-order chi connectivity index (χ0) is 13.1. The molecule has 1 saturated carbocycles. The molecular formula is C15H20O3. The highest BCUT2D eigenvalue weighted by Crippen LogP contribution is 2.30. The molecule has 0 saturated heterocycles.